The van der Waals surface area contributed by atoms with E-state index in [0.29, 0.717) is 24.5 Å². The van der Waals surface area contributed by atoms with Crippen LogP contribution in [-0.2, 0) is 4.74 Å². The Balaban J connectivity index is 2.46. The SMILES string of the molecule is CC1(C)COCCN1c1ccc(N)cc1C(N)=O. The molecule has 0 bridgehead atoms. The van der Waals surface area contributed by atoms with Crippen molar-refractivity contribution in [2.45, 2.75) is 19.4 Å². The van der Waals surface area contributed by atoms with Gasteiger partial charge in [0.25, 0.3) is 5.91 Å². The zero-order valence-electron chi connectivity index (χ0n) is 10.8. The van der Waals surface area contributed by atoms with Crippen LogP contribution in [0.4, 0.5) is 11.4 Å². The van der Waals surface area contributed by atoms with Crippen LogP contribution in [-0.4, -0.2) is 31.2 Å². The predicted octanol–water partition coefficient (Wildman–Crippen LogP) is 0.983. The van der Waals surface area contributed by atoms with Gasteiger partial charge in [-0.1, -0.05) is 0 Å². The van der Waals surface area contributed by atoms with Gasteiger partial charge in [0.05, 0.1) is 30.0 Å². The average molecular weight is 249 g/mol. The number of amides is 1. The summed E-state index contributed by atoms with van der Waals surface area (Å²) in [7, 11) is 0. The van der Waals surface area contributed by atoms with Crippen molar-refractivity contribution in [3.8, 4) is 0 Å². The molecule has 5 nitrogen and oxygen atoms in total. The number of carbonyl (C=O) groups excluding carboxylic acids is 1. The fraction of sp³-hybridized carbons (Fsp3) is 0.462. The van der Waals surface area contributed by atoms with Gasteiger partial charge < -0.3 is 21.1 Å². The maximum atomic E-state index is 11.5. The summed E-state index contributed by atoms with van der Waals surface area (Å²) in [6.45, 7) is 6.15. The van der Waals surface area contributed by atoms with Gasteiger partial charge in [0.1, 0.15) is 0 Å². The summed E-state index contributed by atoms with van der Waals surface area (Å²) < 4.78 is 5.48. The minimum atomic E-state index is -0.459. The van der Waals surface area contributed by atoms with Gasteiger partial charge in [0.2, 0.25) is 0 Å². The Labute approximate surface area is 107 Å². The van der Waals surface area contributed by atoms with Crippen molar-refractivity contribution in [1.29, 1.82) is 0 Å². The van der Waals surface area contributed by atoms with Crippen molar-refractivity contribution in [2.75, 3.05) is 30.4 Å². The topological polar surface area (TPSA) is 81.6 Å². The lowest BCUT2D eigenvalue weighted by molar-refractivity contribution is 0.0642. The fourth-order valence-corrected chi connectivity index (χ4v) is 2.29. The van der Waals surface area contributed by atoms with E-state index in [0.717, 1.165) is 12.2 Å². The van der Waals surface area contributed by atoms with Gasteiger partial charge in [-0.3, -0.25) is 4.79 Å². The van der Waals surface area contributed by atoms with E-state index in [1.165, 1.54) is 0 Å². The van der Waals surface area contributed by atoms with Crippen molar-refractivity contribution in [3.63, 3.8) is 0 Å². The number of morpholine rings is 1. The Bertz CT molecular complexity index is 471. The molecule has 5 heteroatoms. The van der Waals surface area contributed by atoms with E-state index in [-0.39, 0.29) is 5.54 Å². The van der Waals surface area contributed by atoms with E-state index >= 15 is 0 Å². The lowest BCUT2D eigenvalue weighted by Gasteiger charge is -2.44. The standard InChI is InChI=1S/C13H19N3O2/c1-13(2)8-18-6-5-16(13)11-4-3-9(14)7-10(11)12(15)17/h3-4,7H,5-6,8,14H2,1-2H3,(H2,15,17). The van der Waals surface area contributed by atoms with E-state index in [2.05, 4.69) is 18.7 Å². The Morgan fingerprint density at radius 2 is 2.17 bits per heavy atom. The Kier molecular flexibility index (Phi) is 3.17. The summed E-state index contributed by atoms with van der Waals surface area (Å²) >= 11 is 0. The van der Waals surface area contributed by atoms with Crippen LogP contribution in [0.1, 0.15) is 24.2 Å². The maximum absolute atomic E-state index is 11.5. The van der Waals surface area contributed by atoms with Crippen molar-refractivity contribution in [3.05, 3.63) is 23.8 Å². The first-order valence-electron chi connectivity index (χ1n) is 5.96. The third kappa shape index (κ3) is 2.26. The molecule has 1 saturated heterocycles. The number of benzene rings is 1. The fourth-order valence-electron chi connectivity index (χ4n) is 2.29. The van der Waals surface area contributed by atoms with Gasteiger partial charge in [-0.15, -0.1) is 0 Å². The Morgan fingerprint density at radius 3 is 2.78 bits per heavy atom. The predicted molar refractivity (Wildman–Crippen MR) is 71.6 cm³/mol. The molecule has 1 aromatic rings. The molecular formula is C13H19N3O2. The molecule has 2 rings (SSSR count). The lowest BCUT2D eigenvalue weighted by atomic mass is 9.99. The summed E-state index contributed by atoms with van der Waals surface area (Å²) in [6.07, 6.45) is 0. The number of anilines is 2. The highest BCUT2D eigenvalue weighted by atomic mass is 16.5. The van der Waals surface area contributed by atoms with Gasteiger partial charge in [-0.05, 0) is 32.0 Å². The highest BCUT2D eigenvalue weighted by molar-refractivity contribution is 5.99. The molecule has 18 heavy (non-hydrogen) atoms. The molecule has 1 heterocycles. The molecule has 1 aromatic carbocycles. The Hall–Kier alpha value is -1.75. The molecule has 1 aliphatic heterocycles. The maximum Gasteiger partial charge on any atom is 0.250 e. The van der Waals surface area contributed by atoms with Crippen LogP contribution in [0.2, 0.25) is 0 Å². The first kappa shape index (κ1) is 12.7. The summed E-state index contributed by atoms with van der Waals surface area (Å²) in [5.74, 6) is -0.459. The molecule has 0 unspecified atom stereocenters. The Morgan fingerprint density at radius 1 is 1.44 bits per heavy atom. The largest absolute Gasteiger partial charge is 0.399 e. The highest BCUT2D eigenvalue weighted by Gasteiger charge is 2.32. The van der Waals surface area contributed by atoms with Crippen molar-refractivity contribution in [1.82, 2.24) is 0 Å². The number of ether oxygens (including phenoxy) is 1. The van der Waals surface area contributed by atoms with Crippen molar-refractivity contribution in [2.24, 2.45) is 5.73 Å². The van der Waals surface area contributed by atoms with Gasteiger partial charge in [-0.25, -0.2) is 0 Å². The minimum absolute atomic E-state index is 0.168. The zero-order valence-corrected chi connectivity index (χ0v) is 10.8. The molecule has 98 valence electrons. The van der Waals surface area contributed by atoms with E-state index in [1.54, 1.807) is 12.1 Å². The van der Waals surface area contributed by atoms with E-state index in [1.807, 2.05) is 6.07 Å². The molecule has 1 amide bonds. The monoisotopic (exact) mass is 249 g/mol. The van der Waals surface area contributed by atoms with Gasteiger partial charge in [0, 0.05) is 12.2 Å². The molecule has 1 fully saturated rings. The lowest BCUT2D eigenvalue weighted by Crippen LogP contribution is -2.53. The molecule has 1 aliphatic rings. The number of nitrogen functional groups attached to an aromatic ring is 1. The smallest absolute Gasteiger partial charge is 0.250 e. The second-order valence-corrected chi connectivity index (χ2v) is 5.16. The van der Waals surface area contributed by atoms with Crippen LogP contribution in [0, 0.1) is 0 Å². The van der Waals surface area contributed by atoms with Gasteiger partial charge in [-0.2, -0.15) is 0 Å². The summed E-state index contributed by atoms with van der Waals surface area (Å²) in [5, 5.41) is 0. The highest BCUT2D eigenvalue weighted by Crippen LogP contribution is 2.30. The summed E-state index contributed by atoms with van der Waals surface area (Å²) in [5.41, 5.74) is 12.8. The number of rotatable bonds is 2. The van der Waals surface area contributed by atoms with Gasteiger partial charge in [0.15, 0.2) is 0 Å². The molecule has 0 spiro atoms. The molecule has 4 N–H and O–H groups in total. The number of hydrogen-bond acceptors (Lipinski definition) is 4. The van der Waals surface area contributed by atoms with Crippen molar-refractivity contribution < 1.29 is 9.53 Å². The van der Waals surface area contributed by atoms with Crippen molar-refractivity contribution >= 4 is 17.3 Å². The summed E-state index contributed by atoms with van der Waals surface area (Å²) in [6, 6.07) is 5.26. The second kappa shape index (κ2) is 4.49. The number of nitrogens with two attached hydrogens (primary N) is 2. The van der Waals surface area contributed by atoms with Crippen LogP contribution in [0.5, 0.6) is 0 Å². The minimum Gasteiger partial charge on any atom is -0.399 e. The van der Waals surface area contributed by atoms with Crippen LogP contribution in [0.3, 0.4) is 0 Å². The first-order chi connectivity index (χ1) is 8.42. The molecular weight excluding hydrogens is 230 g/mol. The molecule has 0 saturated carbocycles. The first-order valence-corrected chi connectivity index (χ1v) is 5.96. The van der Waals surface area contributed by atoms with Crippen LogP contribution < -0.4 is 16.4 Å². The molecule has 0 atom stereocenters. The quantitative estimate of drug-likeness (QED) is 0.766. The van der Waals surface area contributed by atoms with Crippen LogP contribution in [0.15, 0.2) is 18.2 Å². The molecule has 0 aliphatic carbocycles. The van der Waals surface area contributed by atoms with Crippen LogP contribution in [0.25, 0.3) is 0 Å². The normalized spacial score (nSPS) is 18.7. The van der Waals surface area contributed by atoms with Crippen LogP contribution >= 0.6 is 0 Å². The molecule has 0 aromatic heterocycles. The number of carbonyl (C=O) groups is 1. The molecule has 0 radical (unpaired) electrons. The van der Waals surface area contributed by atoms with Gasteiger partial charge >= 0.3 is 0 Å². The number of nitrogens with zero attached hydrogens (tertiary/aromatic N) is 1. The number of primary amides is 1. The third-order valence-electron chi connectivity index (χ3n) is 3.22. The van der Waals surface area contributed by atoms with E-state index in [9.17, 15) is 4.79 Å². The zero-order chi connectivity index (χ0) is 13.3. The van der Waals surface area contributed by atoms with E-state index in [4.69, 9.17) is 16.2 Å². The van der Waals surface area contributed by atoms with E-state index < -0.39 is 5.91 Å². The second-order valence-electron chi connectivity index (χ2n) is 5.16. The number of hydrogen-bond donors (Lipinski definition) is 2. The average Bonchev–Trinajstić information content (AvgIpc) is 2.29. The summed E-state index contributed by atoms with van der Waals surface area (Å²) in [4.78, 5) is 13.7. The third-order valence-corrected chi connectivity index (χ3v) is 3.22.